The number of halogens is 2. The van der Waals surface area contributed by atoms with Crippen LogP contribution in [0.2, 0.25) is 0 Å². The maximum absolute atomic E-state index is 13.5. The van der Waals surface area contributed by atoms with Crippen molar-refractivity contribution in [3.8, 4) is 0 Å². The summed E-state index contributed by atoms with van der Waals surface area (Å²) in [5.74, 6) is -1.26. The number of aliphatic hydroxyl groups excluding tert-OH is 1. The highest BCUT2D eigenvalue weighted by Gasteiger charge is 2.35. The Hall–Kier alpha value is -1.82. The van der Waals surface area contributed by atoms with Gasteiger partial charge in [0.1, 0.15) is 11.6 Å². The largest absolute Gasteiger partial charge is 0.390 e. The second-order valence-corrected chi connectivity index (χ2v) is 10.1. The second-order valence-electron chi connectivity index (χ2n) is 10.1. The summed E-state index contributed by atoms with van der Waals surface area (Å²) in [4.78, 5) is 0. The van der Waals surface area contributed by atoms with E-state index in [1.165, 1.54) is 29.7 Å². The van der Waals surface area contributed by atoms with Crippen molar-refractivity contribution in [2.45, 2.75) is 82.4 Å². The van der Waals surface area contributed by atoms with Gasteiger partial charge in [-0.3, -0.25) is 0 Å². The summed E-state index contributed by atoms with van der Waals surface area (Å²) in [6.07, 6.45) is 4.90. The smallest absolute Gasteiger partial charge is 0.126 e. The number of aliphatic hydroxyl groups is 1. The third kappa shape index (κ3) is 6.12. The number of nitrogens with one attached hydrogen (secondary N) is 1. The standard InChI is InChI=1S/C26H36F2N2O/c1-25(2,3)19-8-7-9-20(15-19)26(10-5-4-6-11-26)30-17-24(31)23(29)14-18-12-21(27)16-22(28)13-18/h7-9,12-13,15-16,23-24,30-31H,4-6,10-11,14,17,29H2,1-3H3/t23?,24-/m1/s1. The third-order valence-electron chi connectivity index (χ3n) is 6.53. The van der Waals surface area contributed by atoms with Gasteiger partial charge in [0.25, 0.3) is 0 Å². The summed E-state index contributed by atoms with van der Waals surface area (Å²) in [5.41, 5.74) is 9.07. The van der Waals surface area contributed by atoms with Gasteiger partial charge in [0.15, 0.2) is 0 Å². The number of benzene rings is 2. The Kier molecular flexibility index (Phi) is 7.51. The molecule has 1 aliphatic rings. The van der Waals surface area contributed by atoms with Crippen LogP contribution in [-0.2, 0) is 17.4 Å². The van der Waals surface area contributed by atoms with Crippen LogP contribution >= 0.6 is 0 Å². The Morgan fingerprint density at radius 2 is 1.68 bits per heavy atom. The van der Waals surface area contributed by atoms with Crippen molar-refractivity contribution in [1.29, 1.82) is 0 Å². The first-order chi connectivity index (χ1) is 14.6. The summed E-state index contributed by atoms with van der Waals surface area (Å²) in [7, 11) is 0. The first kappa shape index (κ1) is 23.8. The van der Waals surface area contributed by atoms with Crippen molar-refractivity contribution < 1.29 is 13.9 Å². The molecule has 5 heteroatoms. The molecule has 0 saturated heterocycles. The monoisotopic (exact) mass is 430 g/mol. The van der Waals surface area contributed by atoms with Crippen LogP contribution in [0.1, 0.15) is 69.6 Å². The Labute approximate surface area is 185 Å². The number of nitrogens with two attached hydrogens (primary N) is 1. The average Bonchev–Trinajstić information content (AvgIpc) is 2.71. The molecule has 0 heterocycles. The van der Waals surface area contributed by atoms with Crippen LogP contribution in [0.15, 0.2) is 42.5 Å². The minimum atomic E-state index is -0.823. The lowest BCUT2D eigenvalue weighted by atomic mass is 9.74. The van der Waals surface area contributed by atoms with E-state index in [2.05, 4.69) is 50.4 Å². The molecule has 1 aliphatic carbocycles. The maximum Gasteiger partial charge on any atom is 0.126 e. The van der Waals surface area contributed by atoms with E-state index in [4.69, 9.17) is 5.73 Å². The van der Waals surface area contributed by atoms with Gasteiger partial charge in [0, 0.05) is 24.2 Å². The molecular weight excluding hydrogens is 394 g/mol. The molecule has 2 aromatic rings. The van der Waals surface area contributed by atoms with Crippen molar-refractivity contribution in [2.24, 2.45) is 5.73 Å². The van der Waals surface area contributed by atoms with Crippen LogP contribution in [0.3, 0.4) is 0 Å². The minimum absolute atomic E-state index is 0.0635. The zero-order valence-corrected chi connectivity index (χ0v) is 18.9. The molecule has 2 aromatic carbocycles. The molecule has 1 fully saturated rings. The van der Waals surface area contributed by atoms with Crippen LogP contribution in [0.4, 0.5) is 8.78 Å². The lowest BCUT2D eigenvalue weighted by Crippen LogP contribution is -2.51. The quantitative estimate of drug-likeness (QED) is 0.583. The lowest BCUT2D eigenvalue weighted by molar-refractivity contribution is 0.116. The summed E-state index contributed by atoms with van der Waals surface area (Å²) >= 11 is 0. The third-order valence-corrected chi connectivity index (χ3v) is 6.53. The van der Waals surface area contributed by atoms with E-state index in [0.29, 0.717) is 12.1 Å². The van der Waals surface area contributed by atoms with Crippen molar-refractivity contribution in [3.63, 3.8) is 0 Å². The summed E-state index contributed by atoms with van der Waals surface area (Å²) < 4.78 is 26.9. The normalized spacial score (nSPS) is 18.5. The molecule has 4 N–H and O–H groups in total. The Morgan fingerprint density at radius 3 is 2.29 bits per heavy atom. The molecular formula is C26H36F2N2O. The predicted molar refractivity (Wildman–Crippen MR) is 122 cm³/mol. The molecule has 3 rings (SSSR count). The molecule has 0 amide bonds. The molecule has 1 saturated carbocycles. The van der Waals surface area contributed by atoms with Gasteiger partial charge >= 0.3 is 0 Å². The number of hydrogen-bond donors (Lipinski definition) is 3. The molecule has 0 spiro atoms. The van der Waals surface area contributed by atoms with E-state index in [1.807, 2.05) is 0 Å². The topological polar surface area (TPSA) is 58.3 Å². The Morgan fingerprint density at radius 1 is 1.03 bits per heavy atom. The van der Waals surface area contributed by atoms with E-state index in [-0.39, 0.29) is 17.4 Å². The van der Waals surface area contributed by atoms with Gasteiger partial charge < -0.3 is 16.2 Å². The molecule has 3 nitrogen and oxygen atoms in total. The highest BCUT2D eigenvalue weighted by molar-refractivity contribution is 5.34. The molecule has 0 aliphatic heterocycles. The molecule has 0 aromatic heterocycles. The first-order valence-electron chi connectivity index (χ1n) is 11.3. The fraction of sp³-hybridized carbons (Fsp3) is 0.538. The molecule has 0 radical (unpaired) electrons. The lowest BCUT2D eigenvalue weighted by Gasteiger charge is -2.40. The summed E-state index contributed by atoms with van der Waals surface area (Å²) in [5, 5.41) is 14.4. The number of rotatable bonds is 7. The minimum Gasteiger partial charge on any atom is -0.390 e. The van der Waals surface area contributed by atoms with Crippen LogP contribution in [0.25, 0.3) is 0 Å². The summed E-state index contributed by atoms with van der Waals surface area (Å²) in [6, 6.07) is 11.5. The van der Waals surface area contributed by atoms with Gasteiger partial charge in [-0.25, -0.2) is 8.78 Å². The van der Waals surface area contributed by atoms with Gasteiger partial charge in [-0.15, -0.1) is 0 Å². The van der Waals surface area contributed by atoms with Gasteiger partial charge in [0.05, 0.1) is 6.10 Å². The first-order valence-corrected chi connectivity index (χ1v) is 11.3. The van der Waals surface area contributed by atoms with Crippen molar-refractivity contribution >= 4 is 0 Å². The average molecular weight is 431 g/mol. The Balaban J connectivity index is 1.72. The van der Waals surface area contributed by atoms with Gasteiger partial charge in [-0.2, -0.15) is 0 Å². The van der Waals surface area contributed by atoms with Crippen LogP contribution in [0, 0.1) is 11.6 Å². The molecule has 1 unspecified atom stereocenters. The SMILES string of the molecule is CC(C)(C)c1cccc(C2(NC[C@@H](O)C(N)Cc3cc(F)cc(F)c3)CCCCC2)c1. The van der Waals surface area contributed by atoms with E-state index < -0.39 is 23.8 Å². The van der Waals surface area contributed by atoms with Crippen molar-refractivity contribution in [2.75, 3.05) is 6.54 Å². The van der Waals surface area contributed by atoms with Gasteiger partial charge in [0.2, 0.25) is 0 Å². The zero-order chi connectivity index (χ0) is 22.6. The molecule has 170 valence electrons. The van der Waals surface area contributed by atoms with Crippen LogP contribution in [0.5, 0.6) is 0 Å². The molecule has 31 heavy (non-hydrogen) atoms. The maximum atomic E-state index is 13.5. The van der Waals surface area contributed by atoms with E-state index >= 15 is 0 Å². The fourth-order valence-electron chi connectivity index (χ4n) is 4.59. The van der Waals surface area contributed by atoms with Crippen molar-refractivity contribution in [1.82, 2.24) is 5.32 Å². The predicted octanol–water partition coefficient (Wildman–Crippen LogP) is 4.94. The van der Waals surface area contributed by atoms with E-state index in [0.717, 1.165) is 31.7 Å². The summed E-state index contributed by atoms with van der Waals surface area (Å²) in [6.45, 7) is 6.97. The highest BCUT2D eigenvalue weighted by Crippen LogP contribution is 2.38. The van der Waals surface area contributed by atoms with Gasteiger partial charge in [-0.05, 0) is 53.5 Å². The van der Waals surface area contributed by atoms with Crippen LogP contribution in [-0.4, -0.2) is 23.8 Å². The van der Waals surface area contributed by atoms with Crippen molar-refractivity contribution in [3.05, 3.63) is 70.8 Å². The second kappa shape index (κ2) is 9.76. The number of hydrogen-bond acceptors (Lipinski definition) is 3. The zero-order valence-electron chi connectivity index (χ0n) is 18.9. The Bertz CT molecular complexity index is 852. The van der Waals surface area contributed by atoms with Crippen LogP contribution < -0.4 is 11.1 Å². The van der Waals surface area contributed by atoms with Gasteiger partial charge in [-0.1, -0.05) is 64.3 Å². The molecule has 2 atom stereocenters. The molecule has 0 bridgehead atoms. The fourth-order valence-corrected chi connectivity index (χ4v) is 4.59. The van der Waals surface area contributed by atoms with E-state index in [1.54, 1.807) is 0 Å². The highest BCUT2D eigenvalue weighted by atomic mass is 19.1. The van der Waals surface area contributed by atoms with E-state index in [9.17, 15) is 13.9 Å².